The molecule has 0 aliphatic carbocycles. The van der Waals surface area contributed by atoms with Crippen LogP contribution in [0.4, 0.5) is 0 Å². The highest BCUT2D eigenvalue weighted by molar-refractivity contribution is 5.78. The van der Waals surface area contributed by atoms with Crippen molar-refractivity contribution in [3.63, 3.8) is 0 Å². The molecule has 1 aliphatic heterocycles. The molecular formula is C11H22N2O. The van der Waals surface area contributed by atoms with Crippen LogP contribution in [0.2, 0.25) is 0 Å². The van der Waals surface area contributed by atoms with Gasteiger partial charge in [0, 0.05) is 31.6 Å². The number of carbonyl (C=O) groups is 1. The van der Waals surface area contributed by atoms with Crippen molar-refractivity contribution in [2.24, 2.45) is 11.8 Å². The molecule has 3 heteroatoms. The largest absolute Gasteiger partial charge is 0.337 e. The highest BCUT2D eigenvalue weighted by Crippen LogP contribution is 2.15. The van der Waals surface area contributed by atoms with Gasteiger partial charge in [0.1, 0.15) is 0 Å². The molecule has 1 rings (SSSR count). The summed E-state index contributed by atoms with van der Waals surface area (Å²) in [6, 6.07) is 0.374. The van der Waals surface area contributed by atoms with Gasteiger partial charge in [-0.05, 0) is 5.92 Å². The molecule has 14 heavy (non-hydrogen) atoms. The summed E-state index contributed by atoms with van der Waals surface area (Å²) >= 11 is 0. The molecule has 1 heterocycles. The lowest BCUT2D eigenvalue weighted by Crippen LogP contribution is -2.56. The number of rotatable bonds is 2. The smallest absolute Gasteiger partial charge is 0.225 e. The van der Waals surface area contributed by atoms with Crippen molar-refractivity contribution in [1.82, 2.24) is 10.2 Å². The second-order valence-corrected chi connectivity index (χ2v) is 4.70. The minimum Gasteiger partial charge on any atom is -0.337 e. The first-order chi connectivity index (χ1) is 6.54. The maximum Gasteiger partial charge on any atom is 0.225 e. The maximum absolute atomic E-state index is 11.9. The summed E-state index contributed by atoms with van der Waals surface area (Å²) in [5.74, 6) is 0.949. The van der Waals surface area contributed by atoms with Crippen molar-refractivity contribution in [2.45, 2.75) is 33.7 Å². The van der Waals surface area contributed by atoms with E-state index in [-0.39, 0.29) is 5.92 Å². The molecule has 1 N–H and O–H groups in total. The Labute approximate surface area is 86.9 Å². The molecule has 0 spiro atoms. The number of nitrogens with zero attached hydrogens (tertiary/aromatic N) is 1. The minimum atomic E-state index is 0.120. The average Bonchev–Trinajstić information content (AvgIpc) is 2.16. The van der Waals surface area contributed by atoms with E-state index in [0.29, 0.717) is 17.9 Å². The summed E-state index contributed by atoms with van der Waals surface area (Å²) in [7, 11) is 0. The molecule has 0 aromatic carbocycles. The number of piperazine rings is 1. The first-order valence-electron chi connectivity index (χ1n) is 5.55. The van der Waals surface area contributed by atoms with Crippen molar-refractivity contribution in [1.29, 1.82) is 0 Å². The van der Waals surface area contributed by atoms with E-state index >= 15 is 0 Å². The second kappa shape index (κ2) is 4.78. The summed E-state index contributed by atoms with van der Waals surface area (Å²) in [5, 5.41) is 3.35. The fraction of sp³-hybridized carbons (Fsp3) is 0.909. The number of hydrogen-bond donors (Lipinski definition) is 1. The lowest BCUT2D eigenvalue weighted by molar-refractivity contribution is -0.138. The third-order valence-corrected chi connectivity index (χ3v) is 2.83. The van der Waals surface area contributed by atoms with E-state index in [9.17, 15) is 4.79 Å². The SMILES string of the molecule is CC(C)C(=O)N1CCNCC1C(C)C. The zero-order valence-electron chi connectivity index (χ0n) is 9.71. The van der Waals surface area contributed by atoms with Crippen LogP contribution in [0, 0.1) is 11.8 Å². The molecule has 1 fully saturated rings. The number of nitrogens with one attached hydrogen (secondary N) is 1. The number of hydrogen-bond acceptors (Lipinski definition) is 2. The Morgan fingerprint density at radius 2 is 2.00 bits per heavy atom. The number of carbonyl (C=O) groups excluding carboxylic acids is 1. The quantitative estimate of drug-likeness (QED) is 0.720. The minimum absolute atomic E-state index is 0.120. The Bertz CT molecular complexity index is 201. The van der Waals surface area contributed by atoms with Crippen LogP contribution in [0.15, 0.2) is 0 Å². The van der Waals surface area contributed by atoms with Crippen molar-refractivity contribution in [2.75, 3.05) is 19.6 Å². The predicted octanol–water partition coefficient (Wildman–Crippen LogP) is 1.10. The predicted molar refractivity (Wildman–Crippen MR) is 58.0 cm³/mol. The van der Waals surface area contributed by atoms with Gasteiger partial charge in [0.05, 0.1) is 0 Å². The van der Waals surface area contributed by atoms with Gasteiger partial charge in [0.15, 0.2) is 0 Å². The molecule has 1 atom stereocenters. The molecule has 0 radical (unpaired) electrons. The van der Waals surface area contributed by atoms with Crippen LogP contribution in [0.3, 0.4) is 0 Å². The summed E-state index contributed by atoms with van der Waals surface area (Å²) in [4.78, 5) is 14.0. The summed E-state index contributed by atoms with van der Waals surface area (Å²) in [6.45, 7) is 11.0. The molecule has 0 bridgehead atoms. The molecule has 1 saturated heterocycles. The van der Waals surface area contributed by atoms with Gasteiger partial charge in [-0.2, -0.15) is 0 Å². The van der Waals surface area contributed by atoms with E-state index in [1.807, 2.05) is 18.7 Å². The lowest BCUT2D eigenvalue weighted by Gasteiger charge is -2.39. The fourth-order valence-corrected chi connectivity index (χ4v) is 1.93. The third-order valence-electron chi connectivity index (χ3n) is 2.83. The van der Waals surface area contributed by atoms with E-state index in [4.69, 9.17) is 0 Å². The lowest BCUT2D eigenvalue weighted by atomic mass is 9.99. The van der Waals surface area contributed by atoms with Gasteiger partial charge in [-0.25, -0.2) is 0 Å². The third kappa shape index (κ3) is 2.47. The summed E-state index contributed by atoms with van der Waals surface area (Å²) in [5.41, 5.74) is 0. The van der Waals surface area contributed by atoms with E-state index < -0.39 is 0 Å². The molecule has 3 nitrogen and oxygen atoms in total. The average molecular weight is 198 g/mol. The molecule has 1 aliphatic rings. The highest BCUT2D eigenvalue weighted by Gasteiger charge is 2.29. The molecule has 1 unspecified atom stereocenters. The Balaban J connectivity index is 2.67. The van der Waals surface area contributed by atoms with Gasteiger partial charge in [-0.15, -0.1) is 0 Å². The second-order valence-electron chi connectivity index (χ2n) is 4.70. The van der Waals surface area contributed by atoms with Crippen LogP contribution in [0.1, 0.15) is 27.7 Å². The number of amides is 1. The van der Waals surface area contributed by atoms with Crippen LogP contribution in [0.5, 0.6) is 0 Å². The first kappa shape index (κ1) is 11.5. The maximum atomic E-state index is 11.9. The van der Waals surface area contributed by atoms with Crippen molar-refractivity contribution >= 4 is 5.91 Å². The molecule has 0 saturated carbocycles. The Morgan fingerprint density at radius 1 is 1.36 bits per heavy atom. The van der Waals surface area contributed by atoms with Gasteiger partial charge in [-0.3, -0.25) is 4.79 Å². The van der Waals surface area contributed by atoms with E-state index in [1.54, 1.807) is 0 Å². The normalized spacial score (nSPS) is 23.3. The van der Waals surface area contributed by atoms with Crippen LogP contribution < -0.4 is 5.32 Å². The standard InChI is InChI=1S/C11H22N2O/c1-8(2)10-7-12-5-6-13(10)11(14)9(3)4/h8-10,12H,5-7H2,1-4H3. The van der Waals surface area contributed by atoms with E-state index in [1.165, 1.54) is 0 Å². The first-order valence-corrected chi connectivity index (χ1v) is 5.55. The fourth-order valence-electron chi connectivity index (χ4n) is 1.93. The van der Waals surface area contributed by atoms with Gasteiger partial charge < -0.3 is 10.2 Å². The van der Waals surface area contributed by atoms with Crippen molar-refractivity contribution < 1.29 is 4.79 Å². The Kier molecular flexibility index (Phi) is 3.93. The molecule has 1 amide bonds. The van der Waals surface area contributed by atoms with Crippen LogP contribution in [0.25, 0.3) is 0 Å². The topological polar surface area (TPSA) is 32.3 Å². The van der Waals surface area contributed by atoms with Crippen molar-refractivity contribution in [3.8, 4) is 0 Å². The molecular weight excluding hydrogens is 176 g/mol. The summed E-state index contributed by atoms with van der Waals surface area (Å²) < 4.78 is 0. The zero-order valence-corrected chi connectivity index (χ0v) is 9.71. The molecule has 0 aromatic rings. The van der Waals surface area contributed by atoms with Crippen LogP contribution in [-0.2, 0) is 4.79 Å². The molecule has 0 aromatic heterocycles. The van der Waals surface area contributed by atoms with Gasteiger partial charge in [0.2, 0.25) is 5.91 Å². The summed E-state index contributed by atoms with van der Waals surface area (Å²) in [6.07, 6.45) is 0. The highest BCUT2D eigenvalue weighted by atomic mass is 16.2. The van der Waals surface area contributed by atoms with Gasteiger partial charge >= 0.3 is 0 Å². The van der Waals surface area contributed by atoms with Crippen molar-refractivity contribution in [3.05, 3.63) is 0 Å². The monoisotopic (exact) mass is 198 g/mol. The van der Waals surface area contributed by atoms with E-state index in [2.05, 4.69) is 19.2 Å². The van der Waals surface area contributed by atoms with Crippen LogP contribution in [-0.4, -0.2) is 36.5 Å². The Morgan fingerprint density at radius 3 is 2.50 bits per heavy atom. The zero-order chi connectivity index (χ0) is 10.7. The van der Waals surface area contributed by atoms with Gasteiger partial charge in [-0.1, -0.05) is 27.7 Å². The Hall–Kier alpha value is -0.570. The van der Waals surface area contributed by atoms with Crippen LogP contribution >= 0.6 is 0 Å². The van der Waals surface area contributed by atoms with E-state index in [0.717, 1.165) is 19.6 Å². The van der Waals surface area contributed by atoms with Gasteiger partial charge in [0.25, 0.3) is 0 Å². The molecule has 82 valence electrons.